The topological polar surface area (TPSA) is 0 Å². The Hall–Kier alpha value is -1.84. The lowest BCUT2D eigenvalue weighted by molar-refractivity contribution is 0.183. The Morgan fingerprint density at radius 2 is 1.48 bits per heavy atom. The highest BCUT2D eigenvalue weighted by Gasteiger charge is 2.31. The van der Waals surface area contributed by atoms with Crippen LogP contribution in [0, 0.1) is 41.0 Å². The number of halogens is 4. The smallest absolute Gasteiger partial charge is 0.194 e. The summed E-state index contributed by atoms with van der Waals surface area (Å²) in [7, 11) is 0. The van der Waals surface area contributed by atoms with Crippen molar-refractivity contribution in [2.45, 2.75) is 79.6 Å². The van der Waals surface area contributed by atoms with Crippen LogP contribution < -0.4 is 0 Å². The summed E-state index contributed by atoms with van der Waals surface area (Å²) in [5.41, 5.74) is 1.85. The minimum absolute atomic E-state index is 0. The molecule has 1 unspecified atom stereocenters. The zero-order valence-corrected chi connectivity index (χ0v) is 16.9. The van der Waals surface area contributed by atoms with E-state index in [1.807, 2.05) is 6.07 Å². The van der Waals surface area contributed by atoms with E-state index in [-0.39, 0.29) is 27.4 Å². The summed E-state index contributed by atoms with van der Waals surface area (Å²) in [6.45, 7) is 2.25. The standard InChI is InChI=1S/C25H28F4.2CH4.H2/c1-2-3-15-4-6-16(7-5-15)17-8-10-20-18(12-17)9-11-21(24(20)28)19-13-22(26)25(29)23(27)14-19;;;/h9,11,13-17H,2-8,10,12H2,1H3;2*1H4;1H. The van der Waals surface area contributed by atoms with Crippen LogP contribution in [-0.2, 0) is 12.8 Å². The monoisotopic (exact) mass is 438 g/mol. The summed E-state index contributed by atoms with van der Waals surface area (Å²) in [6.07, 6.45) is 10.3. The number of hydrogen-bond donors (Lipinski definition) is 0. The van der Waals surface area contributed by atoms with Crippen molar-refractivity contribution in [3.8, 4) is 11.1 Å². The normalized spacial score (nSPS) is 22.8. The van der Waals surface area contributed by atoms with Gasteiger partial charge in [0.15, 0.2) is 17.5 Å². The minimum Gasteiger partial charge on any atom is -0.206 e. The van der Waals surface area contributed by atoms with Crippen molar-refractivity contribution in [2.24, 2.45) is 17.8 Å². The van der Waals surface area contributed by atoms with Crippen LogP contribution in [0.25, 0.3) is 11.1 Å². The first-order chi connectivity index (χ1) is 14.0. The Labute approximate surface area is 186 Å². The molecule has 1 saturated carbocycles. The summed E-state index contributed by atoms with van der Waals surface area (Å²) in [5.74, 6) is -2.34. The average molecular weight is 439 g/mol. The summed E-state index contributed by atoms with van der Waals surface area (Å²) in [5, 5.41) is 0. The molecule has 1 fully saturated rings. The SMILES string of the molecule is C.C.CCCC1CCC(C2CCc3c(ccc(-c4cc(F)c(F)c(F)c4)c3F)C2)CC1.[HH]. The molecular formula is C27H38F4. The Morgan fingerprint density at radius 1 is 0.839 bits per heavy atom. The molecule has 0 aromatic heterocycles. The first kappa shape index (κ1) is 25.4. The molecule has 0 amide bonds. The van der Waals surface area contributed by atoms with Gasteiger partial charge in [0, 0.05) is 6.99 Å². The van der Waals surface area contributed by atoms with E-state index in [0.29, 0.717) is 17.9 Å². The molecule has 0 aliphatic heterocycles. The maximum absolute atomic E-state index is 15.2. The van der Waals surface area contributed by atoms with Gasteiger partial charge >= 0.3 is 0 Å². The molecule has 4 rings (SSSR count). The van der Waals surface area contributed by atoms with Gasteiger partial charge in [-0.3, -0.25) is 0 Å². The number of benzene rings is 2. The fourth-order valence-electron chi connectivity index (χ4n) is 5.53. The van der Waals surface area contributed by atoms with Gasteiger partial charge in [-0.15, -0.1) is 0 Å². The molecule has 2 aromatic carbocycles. The third kappa shape index (κ3) is 5.15. The summed E-state index contributed by atoms with van der Waals surface area (Å²) >= 11 is 0. The van der Waals surface area contributed by atoms with E-state index >= 15 is 4.39 Å². The van der Waals surface area contributed by atoms with Crippen molar-refractivity contribution in [3.05, 3.63) is 58.7 Å². The maximum Gasteiger partial charge on any atom is 0.194 e. The summed E-state index contributed by atoms with van der Waals surface area (Å²) in [4.78, 5) is 0. The van der Waals surface area contributed by atoms with E-state index in [9.17, 15) is 13.2 Å². The molecule has 4 heteroatoms. The first-order valence-corrected chi connectivity index (χ1v) is 10.9. The zero-order valence-electron chi connectivity index (χ0n) is 16.9. The molecule has 1 atom stereocenters. The minimum atomic E-state index is -1.52. The number of hydrogen-bond acceptors (Lipinski definition) is 0. The Morgan fingerprint density at radius 3 is 2.10 bits per heavy atom. The van der Waals surface area contributed by atoms with Crippen molar-refractivity contribution in [1.29, 1.82) is 0 Å². The van der Waals surface area contributed by atoms with Crippen LogP contribution in [0.4, 0.5) is 17.6 Å². The van der Waals surface area contributed by atoms with Crippen LogP contribution in [0.1, 0.15) is 79.3 Å². The number of fused-ring (bicyclic) bond motifs is 1. The maximum atomic E-state index is 15.2. The highest BCUT2D eigenvalue weighted by Crippen LogP contribution is 2.42. The number of rotatable bonds is 4. The first-order valence-electron chi connectivity index (χ1n) is 10.9. The van der Waals surface area contributed by atoms with Crippen LogP contribution in [0.15, 0.2) is 24.3 Å². The van der Waals surface area contributed by atoms with E-state index in [1.54, 1.807) is 6.07 Å². The molecule has 0 bridgehead atoms. The Kier molecular flexibility index (Phi) is 8.73. The second-order valence-corrected chi connectivity index (χ2v) is 8.89. The lowest BCUT2D eigenvalue weighted by atomic mass is 9.69. The second kappa shape index (κ2) is 10.7. The third-order valence-corrected chi connectivity index (χ3v) is 7.14. The molecule has 0 saturated heterocycles. The van der Waals surface area contributed by atoms with Gasteiger partial charge in [0.2, 0.25) is 0 Å². The molecule has 0 radical (unpaired) electrons. The molecule has 174 valence electrons. The van der Waals surface area contributed by atoms with Crippen LogP contribution in [0.2, 0.25) is 0 Å². The quantitative estimate of drug-likeness (QED) is 0.330. The Balaban J connectivity index is 0.00000171. The average Bonchev–Trinajstić information content (AvgIpc) is 2.72. The zero-order chi connectivity index (χ0) is 20.5. The van der Waals surface area contributed by atoms with Gasteiger partial charge in [-0.1, -0.05) is 59.6 Å². The predicted octanol–water partition coefficient (Wildman–Crippen LogP) is 9.14. The molecular weight excluding hydrogens is 400 g/mol. The molecule has 0 heterocycles. The van der Waals surface area contributed by atoms with Crippen molar-refractivity contribution in [1.82, 2.24) is 0 Å². The van der Waals surface area contributed by atoms with E-state index in [2.05, 4.69) is 6.92 Å². The van der Waals surface area contributed by atoms with Gasteiger partial charge < -0.3 is 0 Å². The highest BCUT2D eigenvalue weighted by molar-refractivity contribution is 5.66. The van der Waals surface area contributed by atoms with Crippen LogP contribution in [-0.4, -0.2) is 0 Å². The molecule has 31 heavy (non-hydrogen) atoms. The highest BCUT2D eigenvalue weighted by atomic mass is 19.2. The van der Waals surface area contributed by atoms with Crippen molar-refractivity contribution < 1.29 is 19.0 Å². The summed E-state index contributed by atoms with van der Waals surface area (Å²) in [6, 6.07) is 5.20. The van der Waals surface area contributed by atoms with Gasteiger partial charge in [0.25, 0.3) is 0 Å². The molecule has 2 aliphatic rings. The molecule has 0 N–H and O–H groups in total. The third-order valence-electron chi connectivity index (χ3n) is 7.14. The van der Waals surface area contributed by atoms with E-state index in [0.717, 1.165) is 42.4 Å². The fraction of sp³-hybridized carbons (Fsp3) is 0.556. The van der Waals surface area contributed by atoms with Crippen molar-refractivity contribution in [2.75, 3.05) is 0 Å². The van der Waals surface area contributed by atoms with Gasteiger partial charge in [0.1, 0.15) is 5.82 Å². The van der Waals surface area contributed by atoms with Gasteiger partial charge in [-0.2, -0.15) is 0 Å². The van der Waals surface area contributed by atoms with E-state index in [4.69, 9.17) is 0 Å². The van der Waals surface area contributed by atoms with Crippen molar-refractivity contribution >= 4 is 0 Å². The van der Waals surface area contributed by atoms with Crippen LogP contribution in [0.3, 0.4) is 0 Å². The van der Waals surface area contributed by atoms with Crippen LogP contribution in [0.5, 0.6) is 0 Å². The largest absolute Gasteiger partial charge is 0.206 e. The molecule has 0 nitrogen and oxygen atoms in total. The Bertz CT molecular complexity index is 864. The lowest BCUT2D eigenvalue weighted by Crippen LogP contribution is -2.27. The predicted molar refractivity (Wildman–Crippen MR) is 123 cm³/mol. The second-order valence-electron chi connectivity index (χ2n) is 8.89. The van der Waals surface area contributed by atoms with Gasteiger partial charge in [-0.25, -0.2) is 17.6 Å². The van der Waals surface area contributed by atoms with E-state index in [1.165, 1.54) is 38.5 Å². The molecule has 0 spiro atoms. The molecule has 2 aromatic rings. The van der Waals surface area contributed by atoms with Crippen molar-refractivity contribution in [3.63, 3.8) is 0 Å². The fourth-order valence-corrected chi connectivity index (χ4v) is 5.53. The lowest BCUT2D eigenvalue weighted by Gasteiger charge is -2.36. The van der Waals surface area contributed by atoms with Crippen LogP contribution >= 0.6 is 0 Å². The van der Waals surface area contributed by atoms with Gasteiger partial charge in [-0.05, 0) is 78.7 Å². The molecule has 2 aliphatic carbocycles. The van der Waals surface area contributed by atoms with E-state index < -0.39 is 23.3 Å². The summed E-state index contributed by atoms with van der Waals surface area (Å²) < 4.78 is 55.6. The van der Waals surface area contributed by atoms with Gasteiger partial charge in [0.05, 0.1) is 0 Å².